The summed E-state index contributed by atoms with van der Waals surface area (Å²) in [4.78, 5) is 13.9. The molecule has 0 aromatic carbocycles. The topological polar surface area (TPSA) is 20.3 Å². The molecule has 0 bridgehead atoms. The number of carbonyl (C=O) groups excluding carboxylic acids is 1. The maximum Gasteiger partial charge on any atom is 0.134 e. The van der Waals surface area contributed by atoms with Crippen molar-refractivity contribution in [2.45, 2.75) is 64.3 Å². The zero-order chi connectivity index (χ0) is 11.4. The standard InChI is InChI=1S/C14H25NO/c1-2-4-12-5-3-9-15(10-8-12)13-6-7-14(16)11-13/h12-13H,2-11H2,1H3. The van der Waals surface area contributed by atoms with E-state index in [1.807, 2.05) is 0 Å². The van der Waals surface area contributed by atoms with Gasteiger partial charge in [-0.25, -0.2) is 0 Å². The number of carbonyl (C=O) groups is 1. The van der Waals surface area contributed by atoms with Crippen LogP contribution in [0, 0.1) is 5.92 Å². The monoisotopic (exact) mass is 223 g/mol. The quantitative estimate of drug-likeness (QED) is 0.733. The Bertz CT molecular complexity index is 239. The molecule has 0 radical (unpaired) electrons. The molecular weight excluding hydrogens is 198 g/mol. The third-order valence-electron chi connectivity index (χ3n) is 4.32. The van der Waals surface area contributed by atoms with E-state index in [2.05, 4.69) is 11.8 Å². The Balaban J connectivity index is 1.81. The number of hydrogen-bond donors (Lipinski definition) is 0. The summed E-state index contributed by atoms with van der Waals surface area (Å²) in [5, 5.41) is 0. The lowest BCUT2D eigenvalue weighted by molar-refractivity contribution is -0.117. The molecule has 0 aromatic heterocycles. The molecule has 2 aliphatic rings. The highest BCUT2D eigenvalue weighted by molar-refractivity contribution is 5.81. The summed E-state index contributed by atoms with van der Waals surface area (Å²) in [5.41, 5.74) is 0. The summed E-state index contributed by atoms with van der Waals surface area (Å²) >= 11 is 0. The van der Waals surface area contributed by atoms with E-state index < -0.39 is 0 Å². The van der Waals surface area contributed by atoms with E-state index in [0.717, 1.165) is 25.2 Å². The van der Waals surface area contributed by atoms with Crippen LogP contribution in [0.25, 0.3) is 0 Å². The zero-order valence-electron chi connectivity index (χ0n) is 10.6. The maximum atomic E-state index is 11.3. The lowest BCUT2D eigenvalue weighted by atomic mass is 9.96. The van der Waals surface area contributed by atoms with Crippen LogP contribution in [-0.2, 0) is 4.79 Å². The highest BCUT2D eigenvalue weighted by Crippen LogP contribution is 2.27. The van der Waals surface area contributed by atoms with Crippen molar-refractivity contribution in [3.8, 4) is 0 Å². The average molecular weight is 223 g/mol. The van der Waals surface area contributed by atoms with E-state index in [1.54, 1.807) is 0 Å². The summed E-state index contributed by atoms with van der Waals surface area (Å²) in [6, 6.07) is 0.591. The second kappa shape index (κ2) is 5.81. The van der Waals surface area contributed by atoms with Crippen LogP contribution in [0.2, 0.25) is 0 Å². The first kappa shape index (κ1) is 12.1. The SMILES string of the molecule is CCCC1CCCN(C2CCC(=O)C2)CC1. The Morgan fingerprint density at radius 3 is 2.81 bits per heavy atom. The van der Waals surface area contributed by atoms with Gasteiger partial charge < -0.3 is 0 Å². The smallest absolute Gasteiger partial charge is 0.134 e. The molecule has 2 atom stereocenters. The number of hydrogen-bond acceptors (Lipinski definition) is 2. The van der Waals surface area contributed by atoms with Crippen molar-refractivity contribution in [2.24, 2.45) is 5.92 Å². The summed E-state index contributed by atoms with van der Waals surface area (Å²) in [6.07, 6.45) is 9.62. The van der Waals surface area contributed by atoms with Gasteiger partial charge in [0, 0.05) is 18.9 Å². The molecule has 0 aromatic rings. The number of ketones is 1. The van der Waals surface area contributed by atoms with E-state index in [-0.39, 0.29) is 0 Å². The summed E-state index contributed by atoms with van der Waals surface area (Å²) in [7, 11) is 0. The molecule has 0 spiro atoms. The van der Waals surface area contributed by atoms with Crippen LogP contribution >= 0.6 is 0 Å². The van der Waals surface area contributed by atoms with Gasteiger partial charge in [-0.3, -0.25) is 9.69 Å². The van der Waals surface area contributed by atoms with Crippen molar-refractivity contribution in [3.63, 3.8) is 0 Å². The van der Waals surface area contributed by atoms with Crippen molar-refractivity contribution in [2.75, 3.05) is 13.1 Å². The zero-order valence-corrected chi connectivity index (χ0v) is 10.6. The Morgan fingerprint density at radius 1 is 1.25 bits per heavy atom. The van der Waals surface area contributed by atoms with Crippen LogP contribution in [0.1, 0.15) is 58.3 Å². The van der Waals surface area contributed by atoms with Crippen LogP contribution in [0.3, 0.4) is 0 Å². The minimum absolute atomic E-state index is 0.486. The molecule has 0 amide bonds. The van der Waals surface area contributed by atoms with Crippen molar-refractivity contribution >= 4 is 5.78 Å². The van der Waals surface area contributed by atoms with E-state index in [1.165, 1.54) is 45.2 Å². The first-order valence-corrected chi connectivity index (χ1v) is 7.05. The highest BCUT2D eigenvalue weighted by atomic mass is 16.1. The summed E-state index contributed by atoms with van der Waals surface area (Å²) in [6.45, 7) is 4.76. The number of likely N-dealkylation sites (tertiary alicyclic amines) is 1. The first-order chi connectivity index (χ1) is 7.79. The van der Waals surface area contributed by atoms with Crippen molar-refractivity contribution in [1.29, 1.82) is 0 Å². The molecule has 1 aliphatic heterocycles. The Labute approximate surface area is 99.4 Å². The third-order valence-corrected chi connectivity index (χ3v) is 4.32. The van der Waals surface area contributed by atoms with E-state index >= 15 is 0 Å². The van der Waals surface area contributed by atoms with Crippen LogP contribution in [0.5, 0.6) is 0 Å². The Morgan fingerprint density at radius 2 is 2.12 bits per heavy atom. The van der Waals surface area contributed by atoms with E-state index in [4.69, 9.17) is 0 Å². The van der Waals surface area contributed by atoms with Gasteiger partial charge in [0.05, 0.1) is 0 Å². The van der Waals surface area contributed by atoms with Crippen LogP contribution in [-0.4, -0.2) is 29.8 Å². The fourth-order valence-corrected chi connectivity index (χ4v) is 3.36. The lowest BCUT2D eigenvalue weighted by Crippen LogP contribution is -2.34. The number of rotatable bonds is 3. The minimum atomic E-state index is 0.486. The van der Waals surface area contributed by atoms with Crippen molar-refractivity contribution in [1.82, 2.24) is 4.90 Å². The fourth-order valence-electron chi connectivity index (χ4n) is 3.36. The van der Waals surface area contributed by atoms with Gasteiger partial charge in [-0.2, -0.15) is 0 Å². The summed E-state index contributed by atoms with van der Waals surface area (Å²) in [5.74, 6) is 1.44. The van der Waals surface area contributed by atoms with E-state index in [0.29, 0.717) is 11.8 Å². The molecule has 2 fully saturated rings. The second-order valence-electron chi connectivity index (χ2n) is 5.56. The number of nitrogens with zero attached hydrogens (tertiary/aromatic N) is 1. The van der Waals surface area contributed by atoms with Gasteiger partial charge in [0.25, 0.3) is 0 Å². The molecule has 16 heavy (non-hydrogen) atoms. The molecule has 1 saturated heterocycles. The molecule has 2 unspecified atom stereocenters. The molecule has 1 saturated carbocycles. The first-order valence-electron chi connectivity index (χ1n) is 7.05. The molecular formula is C14H25NO. The van der Waals surface area contributed by atoms with Gasteiger partial charge in [0.15, 0.2) is 0 Å². The van der Waals surface area contributed by atoms with Gasteiger partial charge in [-0.15, -0.1) is 0 Å². The lowest BCUT2D eigenvalue weighted by Gasteiger charge is -2.26. The molecule has 2 nitrogen and oxygen atoms in total. The summed E-state index contributed by atoms with van der Waals surface area (Å²) < 4.78 is 0. The Hall–Kier alpha value is -0.370. The predicted octanol–water partition coefficient (Wildman–Crippen LogP) is 3.01. The van der Waals surface area contributed by atoms with E-state index in [9.17, 15) is 4.79 Å². The molecule has 1 aliphatic carbocycles. The molecule has 1 heterocycles. The predicted molar refractivity (Wildman–Crippen MR) is 66.5 cm³/mol. The van der Waals surface area contributed by atoms with Gasteiger partial charge >= 0.3 is 0 Å². The Kier molecular flexibility index (Phi) is 4.39. The largest absolute Gasteiger partial charge is 0.300 e. The normalized spacial score (nSPS) is 32.9. The molecule has 2 rings (SSSR count). The van der Waals surface area contributed by atoms with Crippen molar-refractivity contribution < 1.29 is 4.79 Å². The fraction of sp³-hybridized carbons (Fsp3) is 0.929. The van der Waals surface area contributed by atoms with Gasteiger partial charge in [-0.05, 0) is 44.7 Å². The highest BCUT2D eigenvalue weighted by Gasteiger charge is 2.28. The minimum Gasteiger partial charge on any atom is -0.300 e. The number of Topliss-reactive ketones (excluding diaryl/α,β-unsaturated/α-hetero) is 1. The van der Waals surface area contributed by atoms with Crippen LogP contribution in [0.4, 0.5) is 0 Å². The molecule has 2 heteroatoms. The maximum absolute atomic E-state index is 11.3. The van der Waals surface area contributed by atoms with Gasteiger partial charge in [0.1, 0.15) is 5.78 Å². The van der Waals surface area contributed by atoms with Gasteiger partial charge in [-0.1, -0.05) is 19.8 Å². The average Bonchev–Trinajstić information content (AvgIpc) is 2.57. The van der Waals surface area contributed by atoms with Gasteiger partial charge in [0.2, 0.25) is 0 Å². The molecule has 0 N–H and O–H groups in total. The second-order valence-corrected chi connectivity index (χ2v) is 5.56. The van der Waals surface area contributed by atoms with Crippen LogP contribution < -0.4 is 0 Å². The van der Waals surface area contributed by atoms with Crippen molar-refractivity contribution in [3.05, 3.63) is 0 Å². The third kappa shape index (κ3) is 3.07. The molecule has 92 valence electrons. The van der Waals surface area contributed by atoms with Crippen LogP contribution in [0.15, 0.2) is 0 Å².